The Hall–Kier alpha value is -0.605. The molecule has 0 aliphatic carbocycles. The molecule has 0 N–H and O–H groups in total. The van der Waals surface area contributed by atoms with Gasteiger partial charge in [0.05, 0.1) is 12.2 Å². The molecule has 134 valence electrons. The van der Waals surface area contributed by atoms with Gasteiger partial charge in [-0.25, -0.2) is 0 Å². The Kier molecular flexibility index (Phi) is 6.72. The fourth-order valence-corrected chi connectivity index (χ4v) is 4.26. The van der Waals surface area contributed by atoms with Gasteiger partial charge in [0.15, 0.2) is 0 Å². The molecular formula is C20H33BO2S. The zero-order valence-electron chi connectivity index (χ0n) is 16.2. The van der Waals surface area contributed by atoms with Crippen molar-refractivity contribution in [2.45, 2.75) is 77.6 Å². The van der Waals surface area contributed by atoms with E-state index in [1.807, 2.05) is 11.6 Å². The first kappa shape index (κ1) is 19.7. The van der Waals surface area contributed by atoms with Gasteiger partial charge in [0.2, 0.25) is 0 Å². The lowest BCUT2D eigenvalue weighted by Crippen LogP contribution is -2.39. The van der Waals surface area contributed by atoms with Crippen LogP contribution in [0.3, 0.4) is 0 Å². The van der Waals surface area contributed by atoms with Gasteiger partial charge in [-0.05, 0) is 57.6 Å². The topological polar surface area (TPSA) is 18.5 Å². The first-order valence-corrected chi connectivity index (χ1v) is 10.3. The Labute approximate surface area is 153 Å². The Balaban J connectivity index is 1.92. The van der Waals surface area contributed by atoms with Crippen molar-refractivity contribution in [2.75, 3.05) is 6.61 Å². The smallest absolute Gasteiger partial charge is 0.397 e. The molecule has 1 aliphatic heterocycles. The number of benzene rings is 1. The average Bonchev–Trinajstić information content (AvgIpc) is 2.76. The molecule has 1 fully saturated rings. The molecule has 2 rings (SSSR count). The van der Waals surface area contributed by atoms with E-state index in [0.717, 1.165) is 12.4 Å². The summed E-state index contributed by atoms with van der Waals surface area (Å²) in [7, 11) is 0. The summed E-state index contributed by atoms with van der Waals surface area (Å²) in [4.78, 5) is 0. The Morgan fingerprint density at radius 3 is 2.29 bits per heavy atom. The van der Waals surface area contributed by atoms with Gasteiger partial charge in [-0.15, -0.1) is 0 Å². The van der Waals surface area contributed by atoms with Gasteiger partial charge in [0, 0.05) is 4.75 Å². The molecule has 1 atom stereocenters. The van der Waals surface area contributed by atoms with E-state index >= 15 is 0 Å². The summed E-state index contributed by atoms with van der Waals surface area (Å²) in [5.41, 5.74) is 1.11. The molecule has 1 unspecified atom stereocenters. The summed E-state index contributed by atoms with van der Waals surface area (Å²) >= 11 is 1.90. The second kappa shape index (κ2) is 8.18. The van der Waals surface area contributed by atoms with Crippen LogP contribution in [0.4, 0.5) is 0 Å². The second-order valence-electron chi connectivity index (χ2n) is 7.88. The highest BCUT2D eigenvalue weighted by Crippen LogP contribution is 2.46. The van der Waals surface area contributed by atoms with Crippen LogP contribution in [0.15, 0.2) is 24.3 Å². The van der Waals surface area contributed by atoms with E-state index in [9.17, 15) is 0 Å². The van der Waals surface area contributed by atoms with Crippen molar-refractivity contribution < 1.29 is 9.39 Å². The van der Waals surface area contributed by atoms with E-state index < -0.39 is 0 Å². The lowest BCUT2D eigenvalue weighted by molar-refractivity contribution is 0.0938. The van der Waals surface area contributed by atoms with E-state index in [1.165, 1.54) is 31.1 Å². The average molecular weight is 348 g/mol. The first-order chi connectivity index (χ1) is 11.3. The van der Waals surface area contributed by atoms with Crippen molar-refractivity contribution in [3.05, 3.63) is 24.3 Å². The lowest BCUT2D eigenvalue weighted by Gasteiger charge is -2.32. The van der Waals surface area contributed by atoms with Crippen LogP contribution in [0.2, 0.25) is 0 Å². The monoisotopic (exact) mass is 348 g/mol. The summed E-state index contributed by atoms with van der Waals surface area (Å²) in [5, 5.41) is 0. The number of unbranched alkanes of at least 4 members (excludes halogenated alkanes) is 1. The molecule has 0 amide bonds. The van der Waals surface area contributed by atoms with E-state index in [0.29, 0.717) is 5.92 Å². The highest BCUT2D eigenvalue weighted by Gasteiger charge is 2.50. The Morgan fingerprint density at radius 1 is 1.12 bits per heavy atom. The van der Waals surface area contributed by atoms with Gasteiger partial charge in [-0.1, -0.05) is 45.2 Å². The summed E-state index contributed by atoms with van der Waals surface area (Å²) in [5.74, 6) is 1.63. The van der Waals surface area contributed by atoms with Crippen molar-refractivity contribution in [2.24, 2.45) is 5.92 Å². The minimum atomic E-state index is -0.120. The Bertz CT molecular complexity index is 497. The predicted molar refractivity (Wildman–Crippen MR) is 107 cm³/mol. The molecule has 2 nitrogen and oxygen atoms in total. The molecule has 1 aliphatic rings. The molecular weight excluding hydrogens is 315 g/mol. The highest BCUT2D eigenvalue weighted by atomic mass is 32.2. The molecule has 0 aromatic heterocycles. The number of rotatable bonds is 8. The largest absolute Gasteiger partial charge is 0.493 e. The normalized spacial score (nSPS) is 20.2. The molecule has 0 spiro atoms. The molecule has 4 heteroatoms. The number of ether oxygens (including phenoxy) is 1. The molecule has 24 heavy (non-hydrogen) atoms. The molecule has 0 bridgehead atoms. The number of hydrogen-bond acceptors (Lipinski definition) is 3. The van der Waals surface area contributed by atoms with E-state index in [-0.39, 0.29) is 16.5 Å². The van der Waals surface area contributed by atoms with Crippen molar-refractivity contribution in [1.82, 2.24) is 0 Å². The minimum absolute atomic E-state index is 0.108. The zero-order chi connectivity index (χ0) is 17.8. The fraction of sp³-hybridized carbons (Fsp3) is 0.700. The van der Waals surface area contributed by atoms with E-state index in [4.69, 9.17) is 9.39 Å². The van der Waals surface area contributed by atoms with Crippen LogP contribution in [0.25, 0.3) is 0 Å². The maximum atomic E-state index is 6.27. The van der Waals surface area contributed by atoms with Gasteiger partial charge in [-0.3, -0.25) is 0 Å². The van der Waals surface area contributed by atoms with Gasteiger partial charge in [0.1, 0.15) is 5.75 Å². The Morgan fingerprint density at radius 2 is 1.79 bits per heavy atom. The molecule has 1 saturated heterocycles. The van der Waals surface area contributed by atoms with Crippen LogP contribution in [-0.4, -0.2) is 23.1 Å². The molecule has 1 aromatic rings. The fourth-order valence-electron chi connectivity index (χ4n) is 2.81. The van der Waals surface area contributed by atoms with Gasteiger partial charge >= 0.3 is 6.19 Å². The van der Waals surface area contributed by atoms with Crippen LogP contribution in [0.5, 0.6) is 5.75 Å². The summed E-state index contributed by atoms with van der Waals surface area (Å²) in [6.45, 7) is 14.2. The quantitative estimate of drug-likeness (QED) is 0.594. The summed E-state index contributed by atoms with van der Waals surface area (Å²) < 4.78 is 12.4. The van der Waals surface area contributed by atoms with Crippen LogP contribution >= 0.6 is 11.6 Å². The van der Waals surface area contributed by atoms with Gasteiger partial charge in [-0.2, -0.15) is 11.6 Å². The molecule has 0 saturated carbocycles. The van der Waals surface area contributed by atoms with Crippen LogP contribution in [0, 0.1) is 5.92 Å². The van der Waals surface area contributed by atoms with Crippen molar-refractivity contribution >= 4 is 23.3 Å². The highest BCUT2D eigenvalue weighted by molar-refractivity contribution is 8.27. The maximum absolute atomic E-state index is 6.27. The second-order valence-corrected chi connectivity index (χ2v) is 9.57. The first-order valence-electron chi connectivity index (χ1n) is 9.37. The SMILES string of the molecule is CCCCC(CC)COc1ccc(B2OC(C)(C)C(C)(C)S2)cc1. The lowest BCUT2D eigenvalue weighted by atomic mass is 9.84. The minimum Gasteiger partial charge on any atom is -0.493 e. The van der Waals surface area contributed by atoms with Crippen molar-refractivity contribution in [3.63, 3.8) is 0 Å². The van der Waals surface area contributed by atoms with E-state index in [1.54, 1.807) is 0 Å². The van der Waals surface area contributed by atoms with E-state index in [2.05, 4.69) is 65.8 Å². The van der Waals surface area contributed by atoms with Gasteiger partial charge < -0.3 is 9.39 Å². The van der Waals surface area contributed by atoms with Crippen LogP contribution in [0.1, 0.15) is 67.2 Å². The summed E-state index contributed by atoms with van der Waals surface area (Å²) in [6.07, 6.45) is 5.12. The predicted octanol–water partition coefficient (Wildman–Crippen LogP) is 5.30. The third-order valence-electron chi connectivity index (χ3n) is 5.43. The molecule has 0 radical (unpaired) electrons. The zero-order valence-corrected chi connectivity index (χ0v) is 17.0. The molecule has 1 heterocycles. The number of hydrogen-bond donors (Lipinski definition) is 0. The third-order valence-corrected chi connectivity index (χ3v) is 7.10. The molecule has 1 aromatic carbocycles. The van der Waals surface area contributed by atoms with Crippen LogP contribution in [-0.2, 0) is 4.65 Å². The maximum Gasteiger partial charge on any atom is 0.397 e. The van der Waals surface area contributed by atoms with Crippen LogP contribution < -0.4 is 10.2 Å². The third kappa shape index (κ3) is 4.73. The van der Waals surface area contributed by atoms with Crippen molar-refractivity contribution in [3.8, 4) is 5.75 Å². The summed E-state index contributed by atoms with van der Waals surface area (Å²) in [6, 6.07) is 8.48. The van der Waals surface area contributed by atoms with Gasteiger partial charge in [0.25, 0.3) is 0 Å². The van der Waals surface area contributed by atoms with Crippen molar-refractivity contribution in [1.29, 1.82) is 0 Å². The standard InChI is InChI=1S/C20H33BO2S/c1-7-9-10-16(8-2)15-22-18-13-11-17(12-14-18)21-23-19(3,4)20(5,6)24-21/h11-14,16H,7-10,15H2,1-6H3.